The standard InChI is InChI=1S/C15H13NO3/c1-9-12-4-2-3-5-13(12)14(17)16(9)11-7-6-10(8-11)15(18)19/h2-7,10-11H,1,8H2,(H,18,19). The lowest BCUT2D eigenvalue weighted by Crippen LogP contribution is -2.33. The van der Waals surface area contributed by atoms with Crippen LogP contribution in [0, 0.1) is 5.92 Å². The molecule has 0 fully saturated rings. The van der Waals surface area contributed by atoms with Gasteiger partial charge in [0.05, 0.1) is 12.0 Å². The first kappa shape index (κ1) is 11.7. The maximum Gasteiger partial charge on any atom is 0.310 e. The Morgan fingerprint density at radius 1 is 1.26 bits per heavy atom. The van der Waals surface area contributed by atoms with Gasteiger partial charge in [-0.1, -0.05) is 36.9 Å². The van der Waals surface area contributed by atoms with E-state index in [1.54, 1.807) is 23.1 Å². The van der Waals surface area contributed by atoms with E-state index in [-0.39, 0.29) is 11.9 Å². The molecule has 0 saturated carbocycles. The van der Waals surface area contributed by atoms with Gasteiger partial charge in [0.15, 0.2) is 0 Å². The number of hydrogen-bond donors (Lipinski definition) is 1. The van der Waals surface area contributed by atoms with Crippen LogP contribution in [-0.4, -0.2) is 27.9 Å². The van der Waals surface area contributed by atoms with Crippen LogP contribution in [0.25, 0.3) is 5.70 Å². The number of carboxylic acid groups (broad SMARTS) is 1. The molecule has 2 atom stereocenters. The van der Waals surface area contributed by atoms with E-state index in [0.717, 1.165) is 5.56 Å². The zero-order valence-corrected chi connectivity index (χ0v) is 10.2. The molecule has 0 bridgehead atoms. The van der Waals surface area contributed by atoms with Crippen LogP contribution in [0.1, 0.15) is 22.3 Å². The summed E-state index contributed by atoms with van der Waals surface area (Å²) in [6, 6.07) is 7.11. The smallest absolute Gasteiger partial charge is 0.310 e. The third kappa shape index (κ3) is 1.68. The predicted molar refractivity (Wildman–Crippen MR) is 70.3 cm³/mol. The summed E-state index contributed by atoms with van der Waals surface area (Å²) in [6.45, 7) is 3.97. The highest BCUT2D eigenvalue weighted by atomic mass is 16.4. The van der Waals surface area contributed by atoms with Crippen molar-refractivity contribution >= 4 is 17.6 Å². The number of amides is 1. The van der Waals surface area contributed by atoms with Gasteiger partial charge < -0.3 is 10.0 Å². The Hall–Kier alpha value is -2.36. The zero-order valence-electron chi connectivity index (χ0n) is 10.2. The van der Waals surface area contributed by atoms with Gasteiger partial charge in [-0.3, -0.25) is 9.59 Å². The molecular formula is C15H13NO3. The lowest BCUT2D eigenvalue weighted by Gasteiger charge is -2.24. The second-order valence-electron chi connectivity index (χ2n) is 4.80. The lowest BCUT2D eigenvalue weighted by molar-refractivity contribution is -0.140. The van der Waals surface area contributed by atoms with Crippen LogP contribution in [0.2, 0.25) is 0 Å². The molecule has 1 aromatic carbocycles. The molecule has 0 radical (unpaired) electrons. The first-order valence-corrected chi connectivity index (χ1v) is 6.12. The van der Waals surface area contributed by atoms with Gasteiger partial charge in [0.2, 0.25) is 0 Å². The molecule has 1 amide bonds. The van der Waals surface area contributed by atoms with Crippen LogP contribution in [0.15, 0.2) is 43.0 Å². The van der Waals surface area contributed by atoms with Gasteiger partial charge in [0.25, 0.3) is 5.91 Å². The molecule has 2 unspecified atom stereocenters. The Morgan fingerprint density at radius 2 is 1.95 bits per heavy atom. The van der Waals surface area contributed by atoms with Crippen LogP contribution in [0.5, 0.6) is 0 Å². The first-order chi connectivity index (χ1) is 9.09. The number of fused-ring (bicyclic) bond motifs is 1. The number of hydrogen-bond acceptors (Lipinski definition) is 2. The summed E-state index contributed by atoms with van der Waals surface area (Å²) in [7, 11) is 0. The highest BCUT2D eigenvalue weighted by Gasteiger charge is 2.38. The Labute approximate surface area is 110 Å². The number of nitrogens with zero attached hydrogens (tertiary/aromatic N) is 1. The van der Waals surface area contributed by atoms with Crippen LogP contribution in [-0.2, 0) is 4.79 Å². The largest absolute Gasteiger partial charge is 0.481 e. The molecule has 0 saturated heterocycles. The minimum Gasteiger partial charge on any atom is -0.481 e. The summed E-state index contributed by atoms with van der Waals surface area (Å²) in [5, 5.41) is 9.00. The summed E-state index contributed by atoms with van der Waals surface area (Å²) in [4.78, 5) is 24.9. The van der Waals surface area contributed by atoms with Crippen LogP contribution < -0.4 is 0 Å². The Balaban J connectivity index is 1.90. The highest BCUT2D eigenvalue weighted by Crippen LogP contribution is 2.36. The van der Waals surface area contributed by atoms with E-state index in [1.165, 1.54) is 0 Å². The molecule has 1 heterocycles. The fraction of sp³-hybridized carbons (Fsp3) is 0.200. The van der Waals surface area contributed by atoms with Crippen molar-refractivity contribution in [3.63, 3.8) is 0 Å². The topological polar surface area (TPSA) is 57.6 Å². The van der Waals surface area contributed by atoms with E-state index in [0.29, 0.717) is 17.7 Å². The average Bonchev–Trinajstić information content (AvgIpc) is 2.96. The third-order valence-electron chi connectivity index (χ3n) is 3.69. The first-order valence-electron chi connectivity index (χ1n) is 6.12. The quantitative estimate of drug-likeness (QED) is 0.824. The minimum absolute atomic E-state index is 0.0960. The normalized spacial score (nSPS) is 24.9. The molecular weight excluding hydrogens is 242 g/mol. The van der Waals surface area contributed by atoms with Crippen molar-refractivity contribution in [1.29, 1.82) is 0 Å². The Bertz CT molecular complexity index is 583. The molecule has 0 spiro atoms. The van der Waals surface area contributed by atoms with Crippen molar-refractivity contribution in [3.8, 4) is 0 Å². The molecule has 2 aliphatic rings. The van der Waals surface area contributed by atoms with Crippen molar-refractivity contribution in [2.45, 2.75) is 12.5 Å². The fourth-order valence-electron chi connectivity index (χ4n) is 2.71. The highest BCUT2D eigenvalue weighted by molar-refractivity contribution is 6.09. The zero-order chi connectivity index (χ0) is 13.6. The van der Waals surface area contributed by atoms with Crippen molar-refractivity contribution in [3.05, 3.63) is 54.1 Å². The molecule has 96 valence electrons. The second-order valence-corrected chi connectivity index (χ2v) is 4.80. The summed E-state index contributed by atoms with van der Waals surface area (Å²) >= 11 is 0. The van der Waals surface area contributed by atoms with Crippen molar-refractivity contribution in [1.82, 2.24) is 4.90 Å². The van der Waals surface area contributed by atoms with Gasteiger partial charge in [0.1, 0.15) is 0 Å². The van der Waals surface area contributed by atoms with Gasteiger partial charge in [-0.15, -0.1) is 0 Å². The van der Waals surface area contributed by atoms with Gasteiger partial charge in [-0.05, 0) is 12.5 Å². The molecule has 1 N–H and O–H groups in total. The van der Waals surface area contributed by atoms with E-state index in [1.807, 2.05) is 18.2 Å². The van der Waals surface area contributed by atoms with Gasteiger partial charge in [-0.25, -0.2) is 0 Å². The summed E-state index contributed by atoms with van der Waals surface area (Å²) < 4.78 is 0. The number of carboxylic acids is 1. The van der Waals surface area contributed by atoms with E-state index in [4.69, 9.17) is 5.11 Å². The molecule has 4 heteroatoms. The number of carbonyl (C=O) groups is 2. The second kappa shape index (κ2) is 4.09. The molecule has 1 aliphatic carbocycles. The molecule has 1 aromatic rings. The number of rotatable bonds is 2. The number of carbonyl (C=O) groups excluding carboxylic acids is 1. The van der Waals surface area contributed by atoms with Crippen LogP contribution in [0.3, 0.4) is 0 Å². The number of benzene rings is 1. The predicted octanol–water partition coefficient (Wildman–Crippen LogP) is 2.14. The van der Waals surface area contributed by atoms with E-state index < -0.39 is 11.9 Å². The maximum absolute atomic E-state index is 12.4. The van der Waals surface area contributed by atoms with E-state index in [9.17, 15) is 9.59 Å². The summed E-state index contributed by atoms with van der Waals surface area (Å²) in [5.74, 6) is -1.47. The molecule has 4 nitrogen and oxygen atoms in total. The van der Waals surface area contributed by atoms with E-state index >= 15 is 0 Å². The Kier molecular flexibility index (Phi) is 2.52. The lowest BCUT2D eigenvalue weighted by atomic mass is 10.1. The van der Waals surface area contributed by atoms with Crippen molar-refractivity contribution in [2.75, 3.05) is 0 Å². The van der Waals surface area contributed by atoms with Crippen LogP contribution >= 0.6 is 0 Å². The average molecular weight is 255 g/mol. The fourth-order valence-corrected chi connectivity index (χ4v) is 2.71. The molecule has 0 aromatic heterocycles. The van der Waals surface area contributed by atoms with E-state index in [2.05, 4.69) is 6.58 Å². The molecule has 19 heavy (non-hydrogen) atoms. The van der Waals surface area contributed by atoms with Crippen LogP contribution in [0.4, 0.5) is 0 Å². The number of aliphatic carboxylic acids is 1. The van der Waals surface area contributed by atoms with Gasteiger partial charge in [0, 0.05) is 16.8 Å². The summed E-state index contributed by atoms with van der Waals surface area (Å²) in [5.41, 5.74) is 2.13. The summed E-state index contributed by atoms with van der Waals surface area (Å²) in [6.07, 6.45) is 3.85. The van der Waals surface area contributed by atoms with Crippen molar-refractivity contribution in [2.24, 2.45) is 5.92 Å². The maximum atomic E-state index is 12.4. The Morgan fingerprint density at radius 3 is 2.53 bits per heavy atom. The monoisotopic (exact) mass is 255 g/mol. The van der Waals surface area contributed by atoms with Crippen molar-refractivity contribution < 1.29 is 14.7 Å². The minimum atomic E-state index is -0.853. The third-order valence-corrected chi connectivity index (χ3v) is 3.69. The van der Waals surface area contributed by atoms with Gasteiger partial charge in [-0.2, -0.15) is 0 Å². The SMILES string of the molecule is C=C1c2ccccc2C(=O)N1C1C=CC(C(=O)O)C1. The molecule has 3 rings (SSSR count). The van der Waals surface area contributed by atoms with Gasteiger partial charge >= 0.3 is 5.97 Å². The molecule has 1 aliphatic heterocycles.